The molecule has 1 N–H and O–H groups in total. The first-order chi connectivity index (χ1) is 13.1. The summed E-state index contributed by atoms with van der Waals surface area (Å²) in [6.07, 6.45) is 4.38. The molecule has 0 unspecified atom stereocenters. The van der Waals surface area contributed by atoms with Gasteiger partial charge in [-0.1, -0.05) is 18.2 Å². The molecule has 27 heavy (non-hydrogen) atoms. The van der Waals surface area contributed by atoms with Crippen LogP contribution < -0.4 is 14.8 Å². The van der Waals surface area contributed by atoms with Crippen molar-refractivity contribution in [2.45, 2.75) is 18.3 Å². The van der Waals surface area contributed by atoms with Crippen LogP contribution in [0.1, 0.15) is 28.8 Å². The summed E-state index contributed by atoms with van der Waals surface area (Å²) in [5.41, 5.74) is 3.12. The van der Waals surface area contributed by atoms with Crippen LogP contribution in [0.15, 0.2) is 48.7 Å². The Bertz CT molecular complexity index is 980. The van der Waals surface area contributed by atoms with Crippen molar-refractivity contribution in [2.75, 3.05) is 20.8 Å². The fourth-order valence-corrected chi connectivity index (χ4v) is 3.75. The number of hydrogen-bond donors (Lipinski definition) is 1. The molecule has 0 atom stereocenters. The van der Waals surface area contributed by atoms with Crippen molar-refractivity contribution >= 4 is 16.8 Å². The zero-order chi connectivity index (χ0) is 19.0. The highest BCUT2D eigenvalue weighted by molar-refractivity contribution is 5.95. The summed E-state index contributed by atoms with van der Waals surface area (Å²) >= 11 is 0. The monoisotopic (exact) mass is 364 g/mol. The van der Waals surface area contributed by atoms with Gasteiger partial charge >= 0.3 is 0 Å². The number of para-hydroxylation sites is 1. The third-order valence-electron chi connectivity index (χ3n) is 5.52. The Hall–Kier alpha value is -2.95. The van der Waals surface area contributed by atoms with E-state index < -0.39 is 0 Å². The van der Waals surface area contributed by atoms with Gasteiger partial charge in [-0.25, -0.2) is 0 Å². The van der Waals surface area contributed by atoms with Gasteiger partial charge in [-0.15, -0.1) is 0 Å². The molecule has 2 aromatic carbocycles. The number of nitrogens with one attached hydrogen (secondary N) is 1. The molecular weight excluding hydrogens is 340 g/mol. The van der Waals surface area contributed by atoms with Gasteiger partial charge in [0, 0.05) is 47.7 Å². The Morgan fingerprint density at radius 1 is 1.11 bits per heavy atom. The SMILES string of the molecule is COc1cc(OC)cc(C(=O)NCC2(c3cn(C)c4ccccc34)CC2)c1. The summed E-state index contributed by atoms with van der Waals surface area (Å²) in [6.45, 7) is 0.624. The van der Waals surface area contributed by atoms with Crippen LogP contribution in [0.25, 0.3) is 10.9 Å². The van der Waals surface area contributed by atoms with Gasteiger partial charge in [-0.2, -0.15) is 0 Å². The van der Waals surface area contributed by atoms with Crippen molar-refractivity contribution in [2.24, 2.45) is 7.05 Å². The molecule has 0 bridgehead atoms. The standard InChI is InChI=1S/C22H24N2O3/c1-24-13-19(18-6-4-5-7-20(18)24)22(8-9-22)14-23-21(25)15-10-16(26-2)12-17(11-15)27-3/h4-7,10-13H,8-9,14H2,1-3H3,(H,23,25). The van der Waals surface area contributed by atoms with Gasteiger partial charge in [0.2, 0.25) is 0 Å². The van der Waals surface area contributed by atoms with Crippen LogP contribution in [0.3, 0.4) is 0 Å². The normalized spacial score (nSPS) is 14.8. The number of fused-ring (bicyclic) bond motifs is 1. The van der Waals surface area contributed by atoms with Gasteiger partial charge in [0.25, 0.3) is 5.91 Å². The maximum Gasteiger partial charge on any atom is 0.251 e. The number of aryl methyl sites for hydroxylation is 1. The number of amides is 1. The minimum absolute atomic E-state index is 0.0273. The van der Waals surface area contributed by atoms with Gasteiger partial charge in [-0.3, -0.25) is 4.79 Å². The maximum absolute atomic E-state index is 12.7. The molecule has 1 aromatic heterocycles. The first kappa shape index (κ1) is 17.5. The van der Waals surface area contributed by atoms with Crippen molar-refractivity contribution in [3.05, 3.63) is 59.8 Å². The smallest absolute Gasteiger partial charge is 0.251 e. The zero-order valence-electron chi connectivity index (χ0n) is 15.9. The lowest BCUT2D eigenvalue weighted by Gasteiger charge is -2.16. The number of carbonyl (C=O) groups excluding carboxylic acids is 1. The minimum atomic E-state index is -0.112. The van der Waals surface area contributed by atoms with Crippen LogP contribution in [0, 0.1) is 0 Å². The molecule has 1 aliphatic rings. The summed E-state index contributed by atoms with van der Waals surface area (Å²) in [7, 11) is 5.23. The molecule has 1 fully saturated rings. The van der Waals surface area contributed by atoms with E-state index in [2.05, 4.69) is 47.4 Å². The molecule has 0 spiro atoms. The Morgan fingerprint density at radius 2 is 1.78 bits per heavy atom. The molecule has 4 rings (SSSR count). The van der Waals surface area contributed by atoms with Crippen LogP contribution in [-0.4, -0.2) is 31.2 Å². The number of aromatic nitrogens is 1. The molecule has 0 radical (unpaired) electrons. The van der Waals surface area contributed by atoms with Crippen LogP contribution in [0.4, 0.5) is 0 Å². The maximum atomic E-state index is 12.7. The second-order valence-electron chi connectivity index (χ2n) is 7.24. The lowest BCUT2D eigenvalue weighted by Crippen LogP contribution is -2.32. The second-order valence-corrected chi connectivity index (χ2v) is 7.24. The molecule has 0 aliphatic heterocycles. The third-order valence-corrected chi connectivity index (χ3v) is 5.52. The number of benzene rings is 2. The van der Waals surface area contributed by atoms with E-state index in [1.54, 1.807) is 32.4 Å². The average molecular weight is 364 g/mol. The lowest BCUT2D eigenvalue weighted by molar-refractivity contribution is 0.0949. The fourth-order valence-electron chi connectivity index (χ4n) is 3.75. The lowest BCUT2D eigenvalue weighted by atomic mass is 9.95. The first-order valence-electron chi connectivity index (χ1n) is 9.12. The molecule has 0 saturated heterocycles. The largest absolute Gasteiger partial charge is 0.497 e. The van der Waals surface area contributed by atoms with E-state index in [4.69, 9.17) is 9.47 Å². The van der Waals surface area contributed by atoms with Gasteiger partial charge < -0.3 is 19.4 Å². The molecule has 3 aromatic rings. The summed E-state index contributed by atoms with van der Waals surface area (Å²) in [5.74, 6) is 1.10. The van der Waals surface area contributed by atoms with Crippen molar-refractivity contribution in [1.29, 1.82) is 0 Å². The summed E-state index contributed by atoms with van der Waals surface area (Å²) < 4.78 is 12.7. The molecule has 140 valence electrons. The third kappa shape index (κ3) is 3.14. The van der Waals surface area contributed by atoms with Crippen molar-refractivity contribution in [1.82, 2.24) is 9.88 Å². The predicted octanol–water partition coefficient (Wildman–Crippen LogP) is 3.66. The number of hydrogen-bond acceptors (Lipinski definition) is 3. The molecule has 1 saturated carbocycles. The molecule has 5 nitrogen and oxygen atoms in total. The summed E-state index contributed by atoms with van der Waals surface area (Å²) in [6, 6.07) is 13.7. The molecule has 1 aliphatic carbocycles. The highest BCUT2D eigenvalue weighted by Gasteiger charge is 2.46. The van der Waals surface area contributed by atoms with Gasteiger partial charge in [-0.05, 0) is 36.6 Å². The summed E-state index contributed by atoms with van der Waals surface area (Å²) in [5, 5.41) is 4.39. The van der Waals surface area contributed by atoms with Crippen molar-refractivity contribution < 1.29 is 14.3 Å². The predicted molar refractivity (Wildman–Crippen MR) is 106 cm³/mol. The number of methoxy groups -OCH3 is 2. The molecular formula is C22H24N2O3. The second kappa shape index (κ2) is 6.65. The van der Waals surface area contributed by atoms with E-state index in [0.717, 1.165) is 12.8 Å². The van der Waals surface area contributed by atoms with Gasteiger partial charge in [0.15, 0.2) is 0 Å². The zero-order valence-corrected chi connectivity index (χ0v) is 15.9. The van der Waals surface area contributed by atoms with E-state index in [1.807, 2.05) is 0 Å². The van der Waals surface area contributed by atoms with Crippen LogP contribution in [0.2, 0.25) is 0 Å². The van der Waals surface area contributed by atoms with Crippen LogP contribution >= 0.6 is 0 Å². The van der Waals surface area contributed by atoms with Crippen LogP contribution in [-0.2, 0) is 12.5 Å². The van der Waals surface area contributed by atoms with E-state index in [-0.39, 0.29) is 11.3 Å². The number of ether oxygens (including phenoxy) is 2. The Kier molecular flexibility index (Phi) is 4.30. The van der Waals surface area contributed by atoms with E-state index in [1.165, 1.54) is 16.5 Å². The first-order valence-corrected chi connectivity index (χ1v) is 9.12. The fraction of sp³-hybridized carbons (Fsp3) is 0.318. The Balaban J connectivity index is 1.55. The van der Waals surface area contributed by atoms with Gasteiger partial charge in [0.1, 0.15) is 11.5 Å². The Labute approximate surface area is 158 Å². The van der Waals surface area contributed by atoms with E-state index >= 15 is 0 Å². The number of rotatable bonds is 6. The van der Waals surface area contributed by atoms with Crippen molar-refractivity contribution in [3.8, 4) is 11.5 Å². The van der Waals surface area contributed by atoms with E-state index in [0.29, 0.717) is 23.6 Å². The number of nitrogens with zero attached hydrogens (tertiary/aromatic N) is 1. The minimum Gasteiger partial charge on any atom is -0.497 e. The number of carbonyl (C=O) groups is 1. The average Bonchev–Trinajstić information content (AvgIpc) is 3.43. The highest BCUT2D eigenvalue weighted by Crippen LogP contribution is 2.50. The Morgan fingerprint density at radius 3 is 2.41 bits per heavy atom. The van der Waals surface area contributed by atoms with Crippen molar-refractivity contribution in [3.63, 3.8) is 0 Å². The molecule has 5 heteroatoms. The topological polar surface area (TPSA) is 52.5 Å². The summed E-state index contributed by atoms with van der Waals surface area (Å²) in [4.78, 5) is 12.7. The molecule has 1 amide bonds. The molecule has 1 heterocycles. The van der Waals surface area contributed by atoms with Crippen LogP contribution in [0.5, 0.6) is 11.5 Å². The van der Waals surface area contributed by atoms with E-state index in [9.17, 15) is 4.79 Å². The quantitative estimate of drug-likeness (QED) is 0.726. The highest BCUT2D eigenvalue weighted by atomic mass is 16.5. The van der Waals surface area contributed by atoms with Gasteiger partial charge in [0.05, 0.1) is 14.2 Å².